The molecule has 1 rings (SSSR count). The van der Waals surface area contributed by atoms with Crippen LogP contribution < -0.4 is 0 Å². The second kappa shape index (κ2) is 3.55. The van der Waals surface area contributed by atoms with E-state index in [9.17, 15) is 0 Å². The lowest BCUT2D eigenvalue weighted by Crippen LogP contribution is -2.49. The molecule has 2 heteroatoms. The molecular weight excluding hydrogens is 138 g/mol. The first-order chi connectivity index (χ1) is 5.17. The SMILES string of the molecule is CC(C)(CO)N1CCCCC1. The highest BCUT2D eigenvalue weighted by molar-refractivity contribution is 4.82. The van der Waals surface area contributed by atoms with Crippen molar-refractivity contribution in [2.75, 3.05) is 19.7 Å². The van der Waals surface area contributed by atoms with Gasteiger partial charge in [-0.25, -0.2) is 0 Å². The van der Waals surface area contributed by atoms with Crippen molar-refractivity contribution in [1.29, 1.82) is 0 Å². The Bertz CT molecular complexity index is 117. The summed E-state index contributed by atoms with van der Waals surface area (Å²) in [5, 5.41) is 9.10. The molecule has 1 aliphatic rings. The van der Waals surface area contributed by atoms with E-state index in [1.54, 1.807) is 0 Å². The lowest BCUT2D eigenvalue weighted by molar-refractivity contribution is 0.0424. The van der Waals surface area contributed by atoms with Crippen molar-refractivity contribution >= 4 is 0 Å². The van der Waals surface area contributed by atoms with Crippen LogP contribution >= 0.6 is 0 Å². The van der Waals surface area contributed by atoms with E-state index in [-0.39, 0.29) is 12.1 Å². The minimum absolute atomic E-state index is 0.000417. The number of hydrogen-bond acceptors (Lipinski definition) is 2. The second-order valence-electron chi connectivity index (χ2n) is 4.02. The Morgan fingerprint density at radius 3 is 2.18 bits per heavy atom. The smallest absolute Gasteiger partial charge is 0.0610 e. The summed E-state index contributed by atoms with van der Waals surface area (Å²) in [6.45, 7) is 6.81. The van der Waals surface area contributed by atoms with Gasteiger partial charge in [-0.15, -0.1) is 0 Å². The summed E-state index contributed by atoms with van der Waals surface area (Å²) in [5.74, 6) is 0. The summed E-state index contributed by atoms with van der Waals surface area (Å²) in [4.78, 5) is 2.39. The molecule has 0 spiro atoms. The average molecular weight is 157 g/mol. The van der Waals surface area contributed by atoms with Gasteiger partial charge in [0.15, 0.2) is 0 Å². The molecule has 0 unspecified atom stereocenters. The van der Waals surface area contributed by atoms with Crippen LogP contribution in [0.2, 0.25) is 0 Å². The molecule has 1 N–H and O–H groups in total. The molecular formula is C9H19NO. The molecule has 1 fully saturated rings. The van der Waals surface area contributed by atoms with Crippen molar-refractivity contribution < 1.29 is 5.11 Å². The number of likely N-dealkylation sites (tertiary alicyclic amines) is 1. The fourth-order valence-electron chi connectivity index (χ4n) is 1.60. The molecule has 0 amide bonds. The highest BCUT2D eigenvalue weighted by atomic mass is 16.3. The number of piperidine rings is 1. The normalized spacial score (nSPS) is 22.1. The molecule has 0 aromatic carbocycles. The largest absolute Gasteiger partial charge is 0.394 e. The maximum absolute atomic E-state index is 9.10. The predicted molar refractivity (Wildman–Crippen MR) is 46.6 cm³/mol. The Morgan fingerprint density at radius 1 is 1.18 bits per heavy atom. The Balaban J connectivity index is 2.43. The number of hydrogen-bond donors (Lipinski definition) is 1. The fourth-order valence-corrected chi connectivity index (χ4v) is 1.60. The third-order valence-electron chi connectivity index (χ3n) is 2.60. The number of nitrogens with zero attached hydrogens (tertiary/aromatic N) is 1. The zero-order chi connectivity index (χ0) is 8.32. The second-order valence-corrected chi connectivity index (χ2v) is 4.02. The van der Waals surface area contributed by atoms with Crippen LogP contribution in [0.25, 0.3) is 0 Å². The first-order valence-corrected chi connectivity index (χ1v) is 4.53. The lowest BCUT2D eigenvalue weighted by atomic mass is 10.00. The molecule has 11 heavy (non-hydrogen) atoms. The number of aliphatic hydroxyl groups excluding tert-OH is 1. The van der Waals surface area contributed by atoms with Crippen LogP contribution in [0.5, 0.6) is 0 Å². The van der Waals surface area contributed by atoms with Gasteiger partial charge in [-0.3, -0.25) is 4.90 Å². The van der Waals surface area contributed by atoms with Gasteiger partial charge in [-0.1, -0.05) is 6.42 Å². The van der Waals surface area contributed by atoms with Crippen LogP contribution in [-0.4, -0.2) is 35.2 Å². The monoisotopic (exact) mass is 157 g/mol. The van der Waals surface area contributed by atoms with Gasteiger partial charge in [-0.05, 0) is 39.8 Å². The Morgan fingerprint density at radius 2 is 1.73 bits per heavy atom. The van der Waals surface area contributed by atoms with Gasteiger partial charge in [0.1, 0.15) is 0 Å². The quantitative estimate of drug-likeness (QED) is 0.652. The van der Waals surface area contributed by atoms with E-state index in [1.165, 1.54) is 19.3 Å². The Kier molecular flexibility index (Phi) is 2.90. The van der Waals surface area contributed by atoms with Gasteiger partial charge in [0.05, 0.1) is 6.61 Å². The summed E-state index contributed by atoms with van der Waals surface area (Å²) >= 11 is 0. The minimum atomic E-state index is 0.000417. The van der Waals surface area contributed by atoms with Crippen LogP contribution in [0.15, 0.2) is 0 Å². The highest BCUT2D eigenvalue weighted by Crippen LogP contribution is 2.19. The highest BCUT2D eigenvalue weighted by Gasteiger charge is 2.26. The predicted octanol–water partition coefficient (Wildman–Crippen LogP) is 1.24. The van der Waals surface area contributed by atoms with Crippen molar-refractivity contribution in [3.63, 3.8) is 0 Å². The van der Waals surface area contributed by atoms with Gasteiger partial charge >= 0.3 is 0 Å². The molecule has 0 aliphatic carbocycles. The molecule has 2 nitrogen and oxygen atoms in total. The topological polar surface area (TPSA) is 23.5 Å². The molecule has 0 saturated carbocycles. The van der Waals surface area contributed by atoms with Crippen molar-refractivity contribution in [1.82, 2.24) is 4.90 Å². The first-order valence-electron chi connectivity index (χ1n) is 4.53. The molecule has 0 aromatic heterocycles. The summed E-state index contributed by atoms with van der Waals surface area (Å²) in [6, 6.07) is 0. The first kappa shape index (κ1) is 9.01. The molecule has 1 aliphatic heterocycles. The zero-order valence-electron chi connectivity index (χ0n) is 7.64. The van der Waals surface area contributed by atoms with E-state index in [0.717, 1.165) is 13.1 Å². The van der Waals surface area contributed by atoms with Crippen LogP contribution in [0, 0.1) is 0 Å². The van der Waals surface area contributed by atoms with Gasteiger partial charge in [0.2, 0.25) is 0 Å². The van der Waals surface area contributed by atoms with E-state index in [1.807, 2.05) is 0 Å². The van der Waals surface area contributed by atoms with Crippen molar-refractivity contribution in [2.24, 2.45) is 0 Å². The average Bonchev–Trinajstić information content (AvgIpc) is 2.06. The van der Waals surface area contributed by atoms with Crippen molar-refractivity contribution in [3.8, 4) is 0 Å². The van der Waals surface area contributed by atoms with E-state index >= 15 is 0 Å². The third kappa shape index (κ3) is 2.17. The summed E-state index contributed by atoms with van der Waals surface area (Å²) in [5.41, 5.74) is 0.000417. The van der Waals surface area contributed by atoms with Gasteiger partial charge in [-0.2, -0.15) is 0 Å². The Hall–Kier alpha value is -0.0800. The van der Waals surface area contributed by atoms with Gasteiger partial charge < -0.3 is 5.11 Å². The number of aliphatic hydroxyl groups is 1. The maximum atomic E-state index is 9.10. The van der Waals surface area contributed by atoms with E-state index < -0.39 is 0 Å². The molecule has 0 atom stereocenters. The van der Waals surface area contributed by atoms with E-state index in [4.69, 9.17) is 5.11 Å². The molecule has 0 aromatic rings. The van der Waals surface area contributed by atoms with Crippen LogP contribution in [0.3, 0.4) is 0 Å². The summed E-state index contributed by atoms with van der Waals surface area (Å²) in [6.07, 6.45) is 3.95. The Labute approximate surface area is 69.2 Å². The minimum Gasteiger partial charge on any atom is -0.394 e. The fraction of sp³-hybridized carbons (Fsp3) is 1.00. The van der Waals surface area contributed by atoms with E-state index in [0.29, 0.717) is 0 Å². The summed E-state index contributed by atoms with van der Waals surface area (Å²) in [7, 11) is 0. The van der Waals surface area contributed by atoms with E-state index in [2.05, 4.69) is 18.7 Å². The lowest BCUT2D eigenvalue weighted by Gasteiger charge is -2.39. The van der Waals surface area contributed by atoms with Crippen molar-refractivity contribution in [3.05, 3.63) is 0 Å². The molecule has 0 bridgehead atoms. The standard InChI is InChI=1S/C9H19NO/c1-9(2,8-11)10-6-4-3-5-7-10/h11H,3-8H2,1-2H3. The van der Waals surface area contributed by atoms with Crippen LogP contribution in [0.1, 0.15) is 33.1 Å². The van der Waals surface area contributed by atoms with Crippen LogP contribution in [-0.2, 0) is 0 Å². The third-order valence-corrected chi connectivity index (χ3v) is 2.60. The maximum Gasteiger partial charge on any atom is 0.0610 e. The van der Waals surface area contributed by atoms with Gasteiger partial charge in [0, 0.05) is 5.54 Å². The van der Waals surface area contributed by atoms with Crippen molar-refractivity contribution in [2.45, 2.75) is 38.6 Å². The molecule has 0 radical (unpaired) electrons. The zero-order valence-corrected chi connectivity index (χ0v) is 7.64. The van der Waals surface area contributed by atoms with Crippen LogP contribution in [0.4, 0.5) is 0 Å². The summed E-state index contributed by atoms with van der Waals surface area (Å²) < 4.78 is 0. The molecule has 1 heterocycles. The molecule has 1 saturated heterocycles. The molecule has 66 valence electrons. The van der Waals surface area contributed by atoms with Gasteiger partial charge in [0.25, 0.3) is 0 Å². The number of rotatable bonds is 2.